The summed E-state index contributed by atoms with van der Waals surface area (Å²) in [4.78, 5) is 4.30. The molecule has 1 aliphatic rings. The van der Waals surface area contributed by atoms with Gasteiger partial charge in [-0.2, -0.15) is 0 Å². The van der Waals surface area contributed by atoms with Gasteiger partial charge in [-0.3, -0.25) is 4.99 Å². The fourth-order valence-corrected chi connectivity index (χ4v) is 3.16. The Morgan fingerprint density at radius 1 is 1.19 bits per heavy atom. The maximum atomic E-state index is 5.81. The van der Waals surface area contributed by atoms with Crippen LogP contribution < -0.4 is 15.4 Å². The van der Waals surface area contributed by atoms with Crippen LogP contribution in [-0.4, -0.2) is 38.9 Å². The topological polar surface area (TPSA) is 54.9 Å². The molecule has 0 spiro atoms. The van der Waals surface area contributed by atoms with E-state index in [2.05, 4.69) is 52.9 Å². The minimum Gasteiger partial charge on any atom is -0.497 e. The molecule has 26 heavy (non-hydrogen) atoms. The first kappa shape index (κ1) is 20.8. The molecule has 0 radical (unpaired) electrons. The molecule has 1 saturated heterocycles. The number of benzene rings is 2. The smallest absolute Gasteiger partial charge is 0.191 e. The van der Waals surface area contributed by atoms with Gasteiger partial charge < -0.3 is 20.1 Å². The number of guanidine groups is 1. The molecule has 0 bridgehead atoms. The predicted molar refractivity (Wildman–Crippen MR) is 118 cm³/mol. The first-order valence-electron chi connectivity index (χ1n) is 8.77. The van der Waals surface area contributed by atoms with Gasteiger partial charge in [0.25, 0.3) is 0 Å². The van der Waals surface area contributed by atoms with E-state index in [1.807, 2.05) is 6.07 Å². The Balaban J connectivity index is 0.00000243. The Labute approximate surface area is 172 Å². The normalized spacial score (nSPS) is 19.9. The van der Waals surface area contributed by atoms with Crippen molar-refractivity contribution in [2.75, 3.05) is 27.3 Å². The van der Waals surface area contributed by atoms with Gasteiger partial charge in [-0.15, -0.1) is 24.0 Å². The molecule has 1 unspecified atom stereocenters. The standard InChI is InChI=1S/C20H27N3O2.HI/c1-20(9-4-10-25-20)14-23-19(21-2)22-13-15-5-6-17-12-18(24-3)8-7-16(17)11-15;/h5-8,11-12H,4,9-10,13-14H2,1-3H3,(H2,21,22,23);1H. The van der Waals surface area contributed by atoms with Crippen molar-refractivity contribution in [1.29, 1.82) is 0 Å². The van der Waals surface area contributed by atoms with E-state index < -0.39 is 0 Å². The Bertz CT molecular complexity index is 758. The lowest BCUT2D eigenvalue weighted by molar-refractivity contribution is 0.0243. The van der Waals surface area contributed by atoms with Gasteiger partial charge in [-0.05, 0) is 54.3 Å². The fraction of sp³-hybridized carbons (Fsp3) is 0.450. The molecule has 1 heterocycles. The number of methoxy groups -OCH3 is 1. The van der Waals surface area contributed by atoms with Crippen LogP contribution in [0.4, 0.5) is 0 Å². The van der Waals surface area contributed by atoms with E-state index in [9.17, 15) is 0 Å². The third-order valence-corrected chi connectivity index (χ3v) is 4.73. The molecule has 1 aliphatic heterocycles. The monoisotopic (exact) mass is 469 g/mol. The minimum atomic E-state index is -0.0837. The van der Waals surface area contributed by atoms with E-state index in [0.29, 0.717) is 0 Å². The van der Waals surface area contributed by atoms with Gasteiger partial charge in [0.1, 0.15) is 5.75 Å². The molecule has 6 heteroatoms. The summed E-state index contributed by atoms with van der Waals surface area (Å²) >= 11 is 0. The van der Waals surface area contributed by atoms with Crippen LogP contribution in [0, 0.1) is 0 Å². The molecular formula is C20H28IN3O2. The third kappa shape index (κ3) is 5.23. The van der Waals surface area contributed by atoms with Crippen LogP contribution in [0.25, 0.3) is 10.8 Å². The van der Waals surface area contributed by atoms with Crippen LogP contribution >= 0.6 is 24.0 Å². The molecule has 0 amide bonds. The van der Waals surface area contributed by atoms with Gasteiger partial charge in [0.15, 0.2) is 5.96 Å². The van der Waals surface area contributed by atoms with Crippen LogP contribution in [0.1, 0.15) is 25.3 Å². The Kier molecular flexibility index (Phi) is 7.52. The summed E-state index contributed by atoms with van der Waals surface area (Å²) in [6.45, 7) is 4.49. The number of ether oxygens (including phenoxy) is 2. The van der Waals surface area contributed by atoms with Gasteiger partial charge in [-0.25, -0.2) is 0 Å². The van der Waals surface area contributed by atoms with Crippen LogP contribution in [0.15, 0.2) is 41.4 Å². The van der Waals surface area contributed by atoms with Crippen LogP contribution in [0.5, 0.6) is 5.75 Å². The van der Waals surface area contributed by atoms with Gasteiger partial charge >= 0.3 is 0 Å². The highest BCUT2D eigenvalue weighted by molar-refractivity contribution is 14.0. The zero-order chi connectivity index (χ0) is 17.7. The Morgan fingerprint density at radius 3 is 2.65 bits per heavy atom. The maximum absolute atomic E-state index is 5.81. The lowest BCUT2D eigenvalue weighted by atomic mass is 10.0. The van der Waals surface area contributed by atoms with Crippen molar-refractivity contribution in [2.45, 2.75) is 31.9 Å². The van der Waals surface area contributed by atoms with Crippen LogP contribution in [0.3, 0.4) is 0 Å². The minimum absolute atomic E-state index is 0. The summed E-state index contributed by atoms with van der Waals surface area (Å²) in [7, 11) is 3.48. The molecule has 0 aliphatic carbocycles. The molecule has 3 rings (SSSR count). The quantitative estimate of drug-likeness (QED) is 0.399. The first-order valence-corrected chi connectivity index (χ1v) is 8.77. The molecule has 1 fully saturated rings. The average Bonchev–Trinajstić information content (AvgIpc) is 3.08. The van der Waals surface area contributed by atoms with Crippen molar-refractivity contribution in [3.63, 3.8) is 0 Å². The number of halogens is 1. The third-order valence-electron chi connectivity index (χ3n) is 4.73. The summed E-state index contributed by atoms with van der Waals surface area (Å²) < 4.78 is 11.1. The fourth-order valence-electron chi connectivity index (χ4n) is 3.16. The van der Waals surface area contributed by atoms with E-state index in [-0.39, 0.29) is 29.6 Å². The number of fused-ring (bicyclic) bond motifs is 1. The number of rotatable bonds is 5. The van der Waals surface area contributed by atoms with E-state index in [1.165, 1.54) is 16.3 Å². The molecule has 142 valence electrons. The van der Waals surface area contributed by atoms with Crippen LogP contribution in [0.2, 0.25) is 0 Å². The second-order valence-electron chi connectivity index (χ2n) is 6.73. The van der Waals surface area contributed by atoms with Gasteiger partial charge in [0.05, 0.1) is 12.7 Å². The number of aliphatic imine (C=N–C) groups is 1. The highest BCUT2D eigenvalue weighted by Crippen LogP contribution is 2.24. The second kappa shape index (κ2) is 9.41. The Morgan fingerprint density at radius 2 is 1.96 bits per heavy atom. The van der Waals surface area contributed by atoms with Crippen molar-refractivity contribution in [1.82, 2.24) is 10.6 Å². The zero-order valence-electron chi connectivity index (χ0n) is 15.7. The number of hydrogen-bond acceptors (Lipinski definition) is 3. The predicted octanol–water partition coefficient (Wildman–Crippen LogP) is 3.70. The molecular weight excluding hydrogens is 441 g/mol. The van der Waals surface area contributed by atoms with Crippen molar-refractivity contribution in [3.05, 3.63) is 42.0 Å². The van der Waals surface area contributed by atoms with Gasteiger partial charge in [-0.1, -0.05) is 18.2 Å². The van der Waals surface area contributed by atoms with Gasteiger partial charge in [0, 0.05) is 26.7 Å². The summed E-state index contributed by atoms with van der Waals surface area (Å²) in [5, 5.41) is 9.13. The molecule has 0 aromatic heterocycles. The van der Waals surface area contributed by atoms with E-state index in [1.54, 1.807) is 14.2 Å². The lowest BCUT2D eigenvalue weighted by Crippen LogP contribution is -2.45. The molecule has 2 N–H and O–H groups in total. The number of hydrogen-bond donors (Lipinski definition) is 2. The van der Waals surface area contributed by atoms with E-state index >= 15 is 0 Å². The Hall–Kier alpha value is -1.54. The zero-order valence-corrected chi connectivity index (χ0v) is 18.0. The molecule has 2 aromatic rings. The van der Waals surface area contributed by atoms with E-state index in [0.717, 1.165) is 44.2 Å². The highest BCUT2D eigenvalue weighted by Gasteiger charge is 2.29. The van der Waals surface area contributed by atoms with Crippen molar-refractivity contribution in [3.8, 4) is 5.75 Å². The SMILES string of the molecule is CN=C(NCc1ccc2cc(OC)ccc2c1)NCC1(C)CCCO1.I. The molecule has 1 atom stereocenters. The van der Waals surface area contributed by atoms with Crippen LogP contribution in [-0.2, 0) is 11.3 Å². The van der Waals surface area contributed by atoms with Crippen molar-refractivity contribution < 1.29 is 9.47 Å². The van der Waals surface area contributed by atoms with E-state index in [4.69, 9.17) is 9.47 Å². The summed E-state index contributed by atoms with van der Waals surface area (Å²) in [6, 6.07) is 12.6. The van der Waals surface area contributed by atoms with Gasteiger partial charge in [0.2, 0.25) is 0 Å². The largest absolute Gasteiger partial charge is 0.497 e. The highest BCUT2D eigenvalue weighted by atomic mass is 127. The second-order valence-corrected chi connectivity index (χ2v) is 6.73. The summed E-state index contributed by atoms with van der Waals surface area (Å²) in [5.41, 5.74) is 1.13. The lowest BCUT2D eigenvalue weighted by Gasteiger charge is -2.24. The molecule has 5 nitrogen and oxygen atoms in total. The number of nitrogens with zero attached hydrogens (tertiary/aromatic N) is 1. The molecule has 2 aromatic carbocycles. The first-order chi connectivity index (χ1) is 12.1. The van der Waals surface area contributed by atoms with Crippen molar-refractivity contribution >= 4 is 40.7 Å². The average molecular weight is 469 g/mol. The molecule has 0 saturated carbocycles. The van der Waals surface area contributed by atoms with Crippen molar-refractivity contribution in [2.24, 2.45) is 4.99 Å². The summed E-state index contributed by atoms with van der Waals surface area (Å²) in [6.07, 6.45) is 2.22. The number of nitrogens with one attached hydrogen (secondary N) is 2. The maximum Gasteiger partial charge on any atom is 0.191 e. The summed E-state index contributed by atoms with van der Waals surface area (Å²) in [5.74, 6) is 1.68.